The van der Waals surface area contributed by atoms with Crippen LogP contribution in [0.2, 0.25) is 5.02 Å². The maximum Gasteiger partial charge on any atom is 0.241 e. The van der Waals surface area contributed by atoms with Crippen LogP contribution in [0, 0.1) is 0 Å². The summed E-state index contributed by atoms with van der Waals surface area (Å²) in [7, 11) is 0. The van der Waals surface area contributed by atoms with Crippen molar-refractivity contribution in [1.29, 1.82) is 0 Å². The van der Waals surface area contributed by atoms with Gasteiger partial charge in [-0.05, 0) is 11.6 Å². The lowest BCUT2D eigenvalue weighted by molar-refractivity contribution is -0.139. The Bertz CT molecular complexity index is 493. The molecule has 1 aliphatic heterocycles. The number of nitrogens with zero attached hydrogens (tertiary/aromatic N) is 1. The summed E-state index contributed by atoms with van der Waals surface area (Å²) in [6, 6.07) is 6.61. The van der Waals surface area contributed by atoms with E-state index in [1.807, 2.05) is 18.2 Å². The summed E-state index contributed by atoms with van der Waals surface area (Å²) in [4.78, 5) is 25.1. The first kappa shape index (κ1) is 13.8. The Balaban J connectivity index is 2.10. The molecule has 6 heteroatoms. The molecule has 1 saturated heterocycles. The molecule has 2 amide bonds. The molecule has 5 nitrogen and oxygen atoms in total. The molecular formula is C13H16ClN3O2. The van der Waals surface area contributed by atoms with Crippen molar-refractivity contribution in [2.24, 2.45) is 5.73 Å². The molecule has 1 aromatic carbocycles. The van der Waals surface area contributed by atoms with Crippen LogP contribution < -0.4 is 11.1 Å². The van der Waals surface area contributed by atoms with Crippen LogP contribution in [0.25, 0.3) is 0 Å². The molecular weight excluding hydrogens is 266 g/mol. The van der Waals surface area contributed by atoms with E-state index in [-0.39, 0.29) is 12.3 Å². The molecule has 0 saturated carbocycles. The van der Waals surface area contributed by atoms with E-state index in [0.29, 0.717) is 24.7 Å². The Morgan fingerprint density at radius 2 is 2.16 bits per heavy atom. The van der Waals surface area contributed by atoms with Crippen LogP contribution in [0.5, 0.6) is 0 Å². The van der Waals surface area contributed by atoms with Gasteiger partial charge in [-0.3, -0.25) is 9.59 Å². The first-order chi connectivity index (χ1) is 9.09. The molecule has 0 radical (unpaired) electrons. The summed E-state index contributed by atoms with van der Waals surface area (Å²) < 4.78 is 0. The lowest BCUT2D eigenvalue weighted by atomic mass is 10.1. The smallest absolute Gasteiger partial charge is 0.241 e. The van der Waals surface area contributed by atoms with Crippen LogP contribution in [0.3, 0.4) is 0 Å². The number of carbonyl (C=O) groups excluding carboxylic acids is 2. The summed E-state index contributed by atoms with van der Waals surface area (Å²) in [5, 5.41) is 3.61. The minimum Gasteiger partial charge on any atom is -0.368 e. The zero-order valence-corrected chi connectivity index (χ0v) is 11.2. The third kappa shape index (κ3) is 3.24. The van der Waals surface area contributed by atoms with E-state index in [2.05, 4.69) is 5.32 Å². The number of hydrogen-bond acceptors (Lipinski definition) is 3. The molecule has 2 rings (SSSR count). The summed E-state index contributed by atoms with van der Waals surface area (Å²) in [5.74, 6) is -0.613. The van der Waals surface area contributed by atoms with Crippen molar-refractivity contribution in [3.8, 4) is 0 Å². The first-order valence-electron chi connectivity index (χ1n) is 6.12. The van der Waals surface area contributed by atoms with Crippen LogP contribution in [-0.4, -0.2) is 42.4 Å². The molecule has 3 N–H and O–H groups in total. The van der Waals surface area contributed by atoms with Crippen LogP contribution in [-0.2, 0) is 16.0 Å². The van der Waals surface area contributed by atoms with E-state index in [0.717, 1.165) is 5.56 Å². The fourth-order valence-electron chi connectivity index (χ4n) is 2.16. The monoisotopic (exact) mass is 281 g/mol. The molecule has 102 valence electrons. The van der Waals surface area contributed by atoms with Gasteiger partial charge in [0.25, 0.3) is 0 Å². The number of hydrogen-bond donors (Lipinski definition) is 2. The molecule has 0 aliphatic carbocycles. The third-order valence-electron chi connectivity index (χ3n) is 3.19. The topological polar surface area (TPSA) is 75.4 Å². The minimum atomic E-state index is -0.580. The first-order valence-corrected chi connectivity index (χ1v) is 6.50. The predicted molar refractivity (Wildman–Crippen MR) is 72.7 cm³/mol. The Labute approximate surface area is 116 Å². The number of piperazine rings is 1. The molecule has 0 bridgehead atoms. The minimum absolute atomic E-state index is 0.126. The van der Waals surface area contributed by atoms with Crippen molar-refractivity contribution in [2.45, 2.75) is 12.5 Å². The summed E-state index contributed by atoms with van der Waals surface area (Å²) >= 11 is 6.03. The van der Waals surface area contributed by atoms with E-state index in [1.165, 1.54) is 4.90 Å². The van der Waals surface area contributed by atoms with Gasteiger partial charge >= 0.3 is 0 Å². The highest BCUT2D eigenvalue weighted by molar-refractivity contribution is 6.31. The zero-order chi connectivity index (χ0) is 13.8. The summed E-state index contributed by atoms with van der Waals surface area (Å²) in [6.07, 6.45) is 0.184. The zero-order valence-electron chi connectivity index (χ0n) is 10.4. The molecule has 1 atom stereocenters. The van der Waals surface area contributed by atoms with Gasteiger partial charge in [0.15, 0.2) is 0 Å². The van der Waals surface area contributed by atoms with Crippen molar-refractivity contribution < 1.29 is 9.59 Å². The number of benzene rings is 1. The number of primary amides is 1. The SMILES string of the molecule is NC(=O)C1CNCCN1C(=O)Cc1ccccc1Cl. The van der Waals surface area contributed by atoms with E-state index in [1.54, 1.807) is 6.07 Å². The molecule has 1 aromatic rings. The van der Waals surface area contributed by atoms with Gasteiger partial charge < -0.3 is 16.0 Å². The van der Waals surface area contributed by atoms with Crippen LogP contribution in [0.1, 0.15) is 5.56 Å². The van der Waals surface area contributed by atoms with Gasteiger partial charge in [0.05, 0.1) is 6.42 Å². The maximum absolute atomic E-state index is 12.3. The Hall–Kier alpha value is -1.59. The van der Waals surface area contributed by atoms with Gasteiger partial charge in [0.2, 0.25) is 11.8 Å². The van der Waals surface area contributed by atoms with E-state index < -0.39 is 11.9 Å². The number of halogens is 1. The van der Waals surface area contributed by atoms with E-state index >= 15 is 0 Å². The molecule has 0 aromatic heterocycles. The van der Waals surface area contributed by atoms with Gasteiger partial charge in [-0.25, -0.2) is 0 Å². The van der Waals surface area contributed by atoms with Crippen LogP contribution in [0.15, 0.2) is 24.3 Å². The van der Waals surface area contributed by atoms with Gasteiger partial charge in [0, 0.05) is 24.7 Å². The molecule has 1 unspecified atom stereocenters. The Morgan fingerprint density at radius 3 is 2.84 bits per heavy atom. The molecule has 19 heavy (non-hydrogen) atoms. The highest BCUT2D eigenvalue weighted by atomic mass is 35.5. The van der Waals surface area contributed by atoms with Gasteiger partial charge in [-0.1, -0.05) is 29.8 Å². The van der Waals surface area contributed by atoms with Crippen molar-refractivity contribution in [1.82, 2.24) is 10.2 Å². The van der Waals surface area contributed by atoms with E-state index in [4.69, 9.17) is 17.3 Å². The number of nitrogens with one attached hydrogen (secondary N) is 1. The van der Waals surface area contributed by atoms with Gasteiger partial charge in [-0.15, -0.1) is 0 Å². The lowest BCUT2D eigenvalue weighted by Gasteiger charge is -2.34. The van der Waals surface area contributed by atoms with Crippen molar-refractivity contribution in [3.05, 3.63) is 34.9 Å². The second-order valence-corrected chi connectivity index (χ2v) is 4.88. The molecule has 1 aliphatic rings. The predicted octanol–water partition coefficient (Wildman–Crippen LogP) is 0.168. The standard InChI is InChI=1S/C13H16ClN3O2/c14-10-4-2-1-3-9(10)7-12(18)17-6-5-16-8-11(17)13(15)19/h1-4,11,16H,5-8H2,(H2,15,19). The third-order valence-corrected chi connectivity index (χ3v) is 3.56. The fourth-order valence-corrected chi connectivity index (χ4v) is 2.37. The Morgan fingerprint density at radius 1 is 1.42 bits per heavy atom. The van der Waals surface area contributed by atoms with Gasteiger partial charge in [0.1, 0.15) is 6.04 Å². The van der Waals surface area contributed by atoms with Gasteiger partial charge in [-0.2, -0.15) is 0 Å². The molecule has 1 fully saturated rings. The highest BCUT2D eigenvalue weighted by Gasteiger charge is 2.30. The normalized spacial score (nSPS) is 19.2. The van der Waals surface area contributed by atoms with E-state index in [9.17, 15) is 9.59 Å². The quantitative estimate of drug-likeness (QED) is 0.829. The number of rotatable bonds is 3. The highest BCUT2D eigenvalue weighted by Crippen LogP contribution is 2.17. The average molecular weight is 282 g/mol. The summed E-state index contributed by atoms with van der Waals surface area (Å²) in [5.41, 5.74) is 6.08. The average Bonchev–Trinajstić information content (AvgIpc) is 2.41. The summed E-state index contributed by atoms with van der Waals surface area (Å²) in [6.45, 7) is 1.55. The lowest BCUT2D eigenvalue weighted by Crippen LogP contribution is -2.59. The van der Waals surface area contributed by atoms with Crippen LogP contribution >= 0.6 is 11.6 Å². The fraction of sp³-hybridized carbons (Fsp3) is 0.385. The van der Waals surface area contributed by atoms with Crippen LogP contribution in [0.4, 0.5) is 0 Å². The molecule has 1 heterocycles. The largest absolute Gasteiger partial charge is 0.368 e. The Kier molecular flexibility index (Phi) is 4.39. The number of nitrogens with two attached hydrogens (primary N) is 1. The van der Waals surface area contributed by atoms with Crippen molar-refractivity contribution in [3.63, 3.8) is 0 Å². The number of amides is 2. The second kappa shape index (κ2) is 6.04. The number of carbonyl (C=O) groups is 2. The van der Waals surface area contributed by atoms with Crippen molar-refractivity contribution in [2.75, 3.05) is 19.6 Å². The second-order valence-electron chi connectivity index (χ2n) is 4.48. The maximum atomic E-state index is 12.3. The molecule has 0 spiro atoms. The van der Waals surface area contributed by atoms with Crippen molar-refractivity contribution >= 4 is 23.4 Å².